The molecule has 1 aromatic carbocycles. The highest BCUT2D eigenvalue weighted by atomic mass is 32.1. The zero-order chi connectivity index (χ0) is 10.4. The minimum absolute atomic E-state index is 0.888. The molecular formula is C11H16N2S. The van der Waals surface area contributed by atoms with E-state index in [-0.39, 0.29) is 0 Å². The number of hydrogen-bond acceptors (Lipinski definition) is 2. The molecule has 0 aliphatic carbocycles. The number of thiocarbonyl (C=S) groups is 1. The summed E-state index contributed by atoms with van der Waals surface area (Å²) >= 11 is 5.18. The van der Waals surface area contributed by atoms with Crippen molar-refractivity contribution in [2.45, 2.75) is 19.8 Å². The van der Waals surface area contributed by atoms with Crippen molar-refractivity contribution in [3.8, 4) is 0 Å². The van der Waals surface area contributed by atoms with Gasteiger partial charge in [0.25, 0.3) is 0 Å². The Morgan fingerprint density at radius 3 is 2.57 bits per heavy atom. The van der Waals surface area contributed by atoms with Crippen molar-refractivity contribution in [2.75, 3.05) is 12.1 Å². The molecule has 0 aliphatic rings. The Balaban J connectivity index is 2.50. The van der Waals surface area contributed by atoms with Crippen LogP contribution in [0.5, 0.6) is 0 Å². The highest BCUT2D eigenvalue weighted by Crippen LogP contribution is 2.08. The van der Waals surface area contributed by atoms with E-state index in [0.717, 1.165) is 23.5 Å². The molecule has 0 saturated carbocycles. The van der Waals surface area contributed by atoms with Gasteiger partial charge in [-0.3, -0.25) is 10.4 Å². The zero-order valence-electron chi connectivity index (χ0n) is 8.66. The van der Waals surface area contributed by atoms with Gasteiger partial charge in [-0.15, -0.1) is 0 Å². The van der Waals surface area contributed by atoms with Crippen LogP contribution in [0.25, 0.3) is 0 Å². The Kier molecular flexibility index (Phi) is 4.40. The maximum atomic E-state index is 5.18. The molecule has 0 heterocycles. The van der Waals surface area contributed by atoms with E-state index in [1.54, 1.807) is 0 Å². The molecule has 0 spiro atoms. The number of benzene rings is 1. The van der Waals surface area contributed by atoms with Crippen molar-refractivity contribution >= 4 is 22.9 Å². The molecule has 0 radical (unpaired) electrons. The van der Waals surface area contributed by atoms with Crippen molar-refractivity contribution in [1.82, 2.24) is 5.43 Å². The summed E-state index contributed by atoms with van der Waals surface area (Å²) in [5.41, 5.74) is 4.28. The lowest BCUT2D eigenvalue weighted by Crippen LogP contribution is -2.38. The molecule has 2 nitrogen and oxygen atoms in total. The predicted octanol–water partition coefficient (Wildman–Crippen LogP) is 2.75. The van der Waals surface area contributed by atoms with Crippen LogP contribution >= 0.6 is 12.2 Å². The van der Waals surface area contributed by atoms with Gasteiger partial charge in [0.15, 0.2) is 0 Å². The maximum Gasteiger partial charge on any atom is 0.0941 e. The molecular weight excluding hydrogens is 192 g/mol. The lowest BCUT2D eigenvalue weighted by atomic mass is 10.3. The molecule has 0 fully saturated rings. The fourth-order valence-electron chi connectivity index (χ4n) is 1.19. The third kappa shape index (κ3) is 3.34. The van der Waals surface area contributed by atoms with E-state index in [1.807, 2.05) is 42.4 Å². The van der Waals surface area contributed by atoms with Crippen LogP contribution in [0.15, 0.2) is 30.3 Å². The summed E-state index contributed by atoms with van der Waals surface area (Å²) in [6.45, 7) is 2.12. The summed E-state index contributed by atoms with van der Waals surface area (Å²) in [6.07, 6.45) is 2.01. The quantitative estimate of drug-likeness (QED) is 0.605. The van der Waals surface area contributed by atoms with Crippen molar-refractivity contribution < 1.29 is 0 Å². The molecule has 1 rings (SSSR count). The normalized spacial score (nSPS) is 9.57. The van der Waals surface area contributed by atoms with Gasteiger partial charge >= 0.3 is 0 Å². The molecule has 0 saturated heterocycles. The van der Waals surface area contributed by atoms with E-state index in [4.69, 9.17) is 12.2 Å². The standard InChI is InChI=1S/C11H16N2S/c1-3-7-11(14)12-13(2)10-8-5-4-6-9-10/h4-6,8-9H,3,7H2,1-2H3,(H,12,14). The third-order valence-electron chi connectivity index (χ3n) is 1.91. The number of nitrogens with zero attached hydrogens (tertiary/aromatic N) is 1. The first-order chi connectivity index (χ1) is 6.74. The van der Waals surface area contributed by atoms with Crippen molar-refractivity contribution in [3.05, 3.63) is 30.3 Å². The zero-order valence-corrected chi connectivity index (χ0v) is 9.47. The minimum Gasteiger partial charge on any atom is -0.292 e. The van der Waals surface area contributed by atoms with Crippen LogP contribution in [0.2, 0.25) is 0 Å². The lowest BCUT2D eigenvalue weighted by Gasteiger charge is -2.21. The summed E-state index contributed by atoms with van der Waals surface area (Å²) in [6, 6.07) is 10.1. The van der Waals surface area contributed by atoms with Crippen LogP contribution < -0.4 is 10.4 Å². The highest BCUT2D eigenvalue weighted by Gasteiger charge is 2.00. The molecule has 0 aliphatic heterocycles. The number of anilines is 1. The summed E-state index contributed by atoms with van der Waals surface area (Å²) in [5, 5.41) is 1.94. The van der Waals surface area contributed by atoms with Crippen molar-refractivity contribution in [2.24, 2.45) is 0 Å². The number of nitrogens with one attached hydrogen (secondary N) is 1. The molecule has 3 heteroatoms. The van der Waals surface area contributed by atoms with E-state index in [1.165, 1.54) is 0 Å². The van der Waals surface area contributed by atoms with Crippen LogP contribution in [0.1, 0.15) is 19.8 Å². The first kappa shape index (κ1) is 11.0. The van der Waals surface area contributed by atoms with E-state index >= 15 is 0 Å². The second-order valence-electron chi connectivity index (χ2n) is 3.18. The van der Waals surface area contributed by atoms with Crippen molar-refractivity contribution in [3.63, 3.8) is 0 Å². The number of rotatable bonds is 4. The largest absolute Gasteiger partial charge is 0.292 e. The minimum atomic E-state index is 0.888. The summed E-state index contributed by atoms with van der Waals surface area (Å²) in [7, 11) is 1.97. The monoisotopic (exact) mass is 208 g/mol. The van der Waals surface area contributed by atoms with Crippen LogP contribution in [-0.4, -0.2) is 12.0 Å². The average molecular weight is 208 g/mol. The summed E-state index contributed by atoms with van der Waals surface area (Å²) in [4.78, 5) is 0.888. The summed E-state index contributed by atoms with van der Waals surface area (Å²) in [5.74, 6) is 0. The first-order valence-corrected chi connectivity index (χ1v) is 5.23. The molecule has 0 bridgehead atoms. The smallest absolute Gasteiger partial charge is 0.0941 e. The molecule has 1 N–H and O–H groups in total. The van der Waals surface area contributed by atoms with Gasteiger partial charge in [0.2, 0.25) is 0 Å². The Morgan fingerprint density at radius 1 is 1.36 bits per heavy atom. The molecule has 76 valence electrons. The fourth-order valence-corrected chi connectivity index (χ4v) is 1.53. The Labute approximate surface area is 90.9 Å². The summed E-state index contributed by atoms with van der Waals surface area (Å²) < 4.78 is 0. The molecule has 0 unspecified atom stereocenters. The molecule has 1 aromatic rings. The van der Waals surface area contributed by atoms with Crippen molar-refractivity contribution in [1.29, 1.82) is 0 Å². The van der Waals surface area contributed by atoms with Gasteiger partial charge in [-0.2, -0.15) is 0 Å². The fraction of sp³-hybridized carbons (Fsp3) is 0.364. The van der Waals surface area contributed by atoms with Gasteiger partial charge in [-0.05, 0) is 25.0 Å². The van der Waals surface area contributed by atoms with Gasteiger partial charge in [-0.25, -0.2) is 0 Å². The Bertz CT molecular complexity index is 285. The Morgan fingerprint density at radius 2 is 2.00 bits per heavy atom. The molecule has 14 heavy (non-hydrogen) atoms. The second kappa shape index (κ2) is 5.60. The van der Waals surface area contributed by atoms with Crippen LogP contribution in [0.4, 0.5) is 5.69 Å². The van der Waals surface area contributed by atoms with Gasteiger partial charge in [0, 0.05) is 7.05 Å². The molecule has 0 atom stereocenters. The lowest BCUT2D eigenvalue weighted by molar-refractivity contribution is 0.852. The Hall–Kier alpha value is -1.09. The average Bonchev–Trinajstić information content (AvgIpc) is 2.19. The number of para-hydroxylation sites is 1. The van der Waals surface area contributed by atoms with E-state index in [0.29, 0.717) is 0 Å². The van der Waals surface area contributed by atoms with Gasteiger partial charge in [0.05, 0.1) is 10.7 Å². The molecule has 0 amide bonds. The predicted molar refractivity (Wildman–Crippen MR) is 65.5 cm³/mol. The molecule has 0 aromatic heterocycles. The topological polar surface area (TPSA) is 15.3 Å². The number of hydrogen-bond donors (Lipinski definition) is 1. The maximum absolute atomic E-state index is 5.18. The van der Waals surface area contributed by atoms with Gasteiger partial charge < -0.3 is 0 Å². The van der Waals surface area contributed by atoms with Crippen LogP contribution in [0.3, 0.4) is 0 Å². The second-order valence-corrected chi connectivity index (χ2v) is 3.67. The third-order valence-corrected chi connectivity index (χ3v) is 2.21. The van der Waals surface area contributed by atoms with Crippen LogP contribution in [-0.2, 0) is 0 Å². The van der Waals surface area contributed by atoms with E-state index < -0.39 is 0 Å². The van der Waals surface area contributed by atoms with Gasteiger partial charge in [-0.1, -0.05) is 37.3 Å². The van der Waals surface area contributed by atoms with Crippen LogP contribution in [0, 0.1) is 0 Å². The van der Waals surface area contributed by atoms with Gasteiger partial charge in [0.1, 0.15) is 0 Å². The number of hydrazine groups is 1. The van der Waals surface area contributed by atoms with E-state index in [9.17, 15) is 0 Å². The highest BCUT2D eigenvalue weighted by molar-refractivity contribution is 7.80. The first-order valence-electron chi connectivity index (χ1n) is 4.82. The SMILES string of the molecule is CCCC(=S)NN(C)c1ccccc1. The van der Waals surface area contributed by atoms with E-state index in [2.05, 4.69) is 12.3 Å².